The first-order chi connectivity index (χ1) is 8.58. The summed E-state index contributed by atoms with van der Waals surface area (Å²) in [4.78, 5) is 22.3. The lowest BCUT2D eigenvalue weighted by atomic mass is 9.90. The van der Waals surface area contributed by atoms with Crippen LogP contribution in [0.3, 0.4) is 0 Å². The zero-order valence-electron chi connectivity index (χ0n) is 10.7. The summed E-state index contributed by atoms with van der Waals surface area (Å²) in [6.45, 7) is 2.01. The van der Waals surface area contributed by atoms with Crippen molar-refractivity contribution in [2.75, 3.05) is 7.11 Å². The zero-order valence-corrected chi connectivity index (χ0v) is 10.7. The molecular formula is C14H18O4. The Hall–Kier alpha value is -1.84. The summed E-state index contributed by atoms with van der Waals surface area (Å²) in [6, 6.07) is 7.00. The molecule has 1 aromatic carbocycles. The SMILES string of the molecule is CCCC(CC(=O)O)c1cccc(C(=O)OC)c1. The molecule has 0 saturated carbocycles. The van der Waals surface area contributed by atoms with Gasteiger partial charge in [0, 0.05) is 0 Å². The van der Waals surface area contributed by atoms with Crippen molar-refractivity contribution in [3.8, 4) is 0 Å². The molecule has 0 amide bonds. The second-order valence-electron chi connectivity index (χ2n) is 4.20. The summed E-state index contributed by atoms with van der Waals surface area (Å²) >= 11 is 0. The van der Waals surface area contributed by atoms with Crippen LogP contribution in [0.5, 0.6) is 0 Å². The molecule has 0 aliphatic rings. The van der Waals surface area contributed by atoms with E-state index in [9.17, 15) is 9.59 Å². The summed E-state index contributed by atoms with van der Waals surface area (Å²) in [5.74, 6) is -1.28. The smallest absolute Gasteiger partial charge is 0.337 e. The van der Waals surface area contributed by atoms with Gasteiger partial charge in [-0.15, -0.1) is 0 Å². The van der Waals surface area contributed by atoms with Crippen molar-refractivity contribution in [3.63, 3.8) is 0 Å². The number of aliphatic carboxylic acids is 1. The highest BCUT2D eigenvalue weighted by atomic mass is 16.5. The van der Waals surface area contributed by atoms with Crippen LogP contribution in [0.1, 0.15) is 48.0 Å². The Bertz CT molecular complexity index is 426. The lowest BCUT2D eigenvalue weighted by Crippen LogP contribution is -2.08. The summed E-state index contributed by atoms with van der Waals surface area (Å²) < 4.78 is 4.66. The third-order valence-electron chi connectivity index (χ3n) is 2.84. The van der Waals surface area contributed by atoms with Crippen molar-refractivity contribution in [2.45, 2.75) is 32.1 Å². The topological polar surface area (TPSA) is 63.6 Å². The molecule has 1 unspecified atom stereocenters. The highest BCUT2D eigenvalue weighted by Gasteiger charge is 2.16. The van der Waals surface area contributed by atoms with Gasteiger partial charge in [0.2, 0.25) is 0 Å². The first kappa shape index (κ1) is 14.2. The van der Waals surface area contributed by atoms with Crippen molar-refractivity contribution in [1.82, 2.24) is 0 Å². The molecule has 0 bridgehead atoms. The molecule has 0 aromatic heterocycles. The number of esters is 1. The second kappa shape index (κ2) is 6.79. The summed E-state index contributed by atoms with van der Waals surface area (Å²) in [5.41, 5.74) is 1.34. The van der Waals surface area contributed by atoms with Crippen LogP contribution in [0, 0.1) is 0 Å². The van der Waals surface area contributed by atoms with Crippen molar-refractivity contribution in [2.24, 2.45) is 0 Å². The fourth-order valence-electron chi connectivity index (χ4n) is 1.98. The highest BCUT2D eigenvalue weighted by Crippen LogP contribution is 2.25. The molecule has 0 saturated heterocycles. The van der Waals surface area contributed by atoms with Crippen molar-refractivity contribution in [1.29, 1.82) is 0 Å². The Kier molecular flexibility index (Phi) is 5.36. The molecule has 0 heterocycles. The molecule has 0 spiro atoms. The van der Waals surface area contributed by atoms with Crippen LogP contribution in [0.4, 0.5) is 0 Å². The van der Waals surface area contributed by atoms with Gasteiger partial charge >= 0.3 is 11.9 Å². The molecule has 4 nitrogen and oxygen atoms in total. The number of carbonyl (C=O) groups excluding carboxylic acids is 1. The van der Waals surface area contributed by atoms with Crippen LogP contribution in [0.2, 0.25) is 0 Å². The Morgan fingerprint density at radius 2 is 2.11 bits per heavy atom. The number of ether oxygens (including phenoxy) is 1. The number of methoxy groups -OCH3 is 1. The summed E-state index contributed by atoms with van der Waals surface area (Å²) in [5, 5.41) is 8.90. The lowest BCUT2D eigenvalue weighted by molar-refractivity contribution is -0.137. The minimum atomic E-state index is -0.822. The molecule has 0 fully saturated rings. The number of carboxylic acids is 1. The van der Waals surface area contributed by atoms with Gasteiger partial charge in [-0.25, -0.2) is 4.79 Å². The molecule has 4 heteroatoms. The maximum Gasteiger partial charge on any atom is 0.337 e. The molecule has 0 aliphatic heterocycles. The largest absolute Gasteiger partial charge is 0.481 e. The quantitative estimate of drug-likeness (QED) is 0.788. The first-order valence-corrected chi connectivity index (χ1v) is 5.98. The van der Waals surface area contributed by atoms with E-state index < -0.39 is 11.9 Å². The number of hydrogen-bond acceptors (Lipinski definition) is 3. The molecule has 1 atom stereocenters. The van der Waals surface area contributed by atoms with Crippen molar-refractivity contribution in [3.05, 3.63) is 35.4 Å². The van der Waals surface area contributed by atoms with E-state index in [-0.39, 0.29) is 12.3 Å². The molecule has 0 aliphatic carbocycles. The summed E-state index contributed by atoms with van der Waals surface area (Å²) in [6.07, 6.45) is 1.77. The van der Waals surface area contributed by atoms with Gasteiger partial charge in [0.15, 0.2) is 0 Å². The predicted molar refractivity (Wildman–Crippen MR) is 67.7 cm³/mol. The van der Waals surface area contributed by atoms with Crippen LogP contribution in [-0.2, 0) is 9.53 Å². The molecule has 18 heavy (non-hydrogen) atoms. The van der Waals surface area contributed by atoms with Crippen LogP contribution < -0.4 is 0 Å². The van der Waals surface area contributed by atoms with Gasteiger partial charge in [-0.1, -0.05) is 25.5 Å². The highest BCUT2D eigenvalue weighted by molar-refractivity contribution is 5.89. The molecule has 98 valence electrons. The average Bonchev–Trinajstić information content (AvgIpc) is 2.37. The number of rotatable bonds is 6. The van der Waals surface area contributed by atoms with Crippen molar-refractivity contribution >= 4 is 11.9 Å². The van der Waals surface area contributed by atoms with E-state index in [2.05, 4.69) is 4.74 Å². The van der Waals surface area contributed by atoms with Crippen molar-refractivity contribution < 1.29 is 19.4 Å². The minimum Gasteiger partial charge on any atom is -0.481 e. The third-order valence-corrected chi connectivity index (χ3v) is 2.84. The first-order valence-electron chi connectivity index (χ1n) is 5.98. The van der Waals surface area contributed by atoms with Gasteiger partial charge in [-0.05, 0) is 30.0 Å². The van der Waals surface area contributed by atoms with Gasteiger partial charge in [-0.3, -0.25) is 4.79 Å². The second-order valence-corrected chi connectivity index (χ2v) is 4.20. The van der Waals surface area contributed by atoms with E-state index in [1.165, 1.54) is 7.11 Å². The number of carboxylic acid groups (broad SMARTS) is 1. The average molecular weight is 250 g/mol. The Morgan fingerprint density at radius 1 is 1.39 bits per heavy atom. The van der Waals surface area contributed by atoms with E-state index in [1.54, 1.807) is 18.2 Å². The Labute approximate surface area is 107 Å². The normalized spacial score (nSPS) is 11.9. The summed E-state index contributed by atoms with van der Waals surface area (Å²) in [7, 11) is 1.33. The van der Waals surface area contributed by atoms with Gasteiger partial charge in [-0.2, -0.15) is 0 Å². The van der Waals surface area contributed by atoms with Crippen LogP contribution in [0.25, 0.3) is 0 Å². The molecular weight excluding hydrogens is 232 g/mol. The van der Waals surface area contributed by atoms with Crippen LogP contribution in [-0.4, -0.2) is 24.2 Å². The Balaban J connectivity index is 2.97. The van der Waals surface area contributed by atoms with Gasteiger partial charge < -0.3 is 9.84 Å². The fourth-order valence-corrected chi connectivity index (χ4v) is 1.98. The standard InChI is InChI=1S/C14H18O4/c1-3-5-10(9-13(15)16)11-6-4-7-12(8-11)14(17)18-2/h4,6-8,10H,3,5,9H2,1-2H3,(H,15,16). The van der Waals surface area contributed by atoms with Crippen LogP contribution in [0.15, 0.2) is 24.3 Å². The van der Waals surface area contributed by atoms with Crippen LogP contribution >= 0.6 is 0 Å². The fraction of sp³-hybridized carbons (Fsp3) is 0.429. The van der Waals surface area contributed by atoms with Gasteiger partial charge in [0.1, 0.15) is 0 Å². The van der Waals surface area contributed by atoms with E-state index >= 15 is 0 Å². The van der Waals surface area contributed by atoms with E-state index in [4.69, 9.17) is 5.11 Å². The minimum absolute atomic E-state index is 0.0582. The maximum absolute atomic E-state index is 11.4. The Morgan fingerprint density at radius 3 is 2.67 bits per heavy atom. The number of hydrogen-bond donors (Lipinski definition) is 1. The lowest BCUT2D eigenvalue weighted by Gasteiger charge is -2.15. The van der Waals surface area contributed by atoms with Gasteiger partial charge in [0.25, 0.3) is 0 Å². The maximum atomic E-state index is 11.4. The number of carbonyl (C=O) groups is 2. The van der Waals surface area contributed by atoms with E-state index in [0.29, 0.717) is 5.56 Å². The molecule has 1 rings (SSSR count). The monoisotopic (exact) mass is 250 g/mol. The molecule has 1 aromatic rings. The predicted octanol–water partition coefficient (Wildman–Crippen LogP) is 2.83. The van der Waals surface area contributed by atoms with Gasteiger partial charge in [0.05, 0.1) is 19.1 Å². The zero-order chi connectivity index (χ0) is 13.5. The molecule has 1 N–H and O–H groups in total. The van der Waals surface area contributed by atoms with E-state index in [1.807, 2.05) is 13.0 Å². The number of benzene rings is 1. The third kappa shape index (κ3) is 3.87. The van der Waals surface area contributed by atoms with E-state index in [0.717, 1.165) is 18.4 Å². The molecule has 0 radical (unpaired) electrons.